The number of para-hydroxylation sites is 2. The molecule has 3 rings (SSSR count). The summed E-state index contributed by atoms with van der Waals surface area (Å²) in [5.41, 5.74) is 7.26. The number of ketones is 1. The maximum Gasteiger partial charge on any atom is 0.202 e. The topological polar surface area (TPSA) is 81.1 Å². The van der Waals surface area contributed by atoms with Gasteiger partial charge in [0.15, 0.2) is 0 Å². The van der Waals surface area contributed by atoms with Gasteiger partial charge in [0.25, 0.3) is 0 Å². The van der Waals surface area contributed by atoms with Gasteiger partial charge in [-0.05, 0) is 24.3 Å². The van der Waals surface area contributed by atoms with Crippen molar-refractivity contribution in [2.75, 3.05) is 5.73 Å². The van der Waals surface area contributed by atoms with Crippen molar-refractivity contribution in [3.8, 4) is 11.4 Å². The van der Waals surface area contributed by atoms with Gasteiger partial charge in [0, 0.05) is 0 Å². The lowest BCUT2D eigenvalue weighted by Gasteiger charge is -2.05. The number of carbonyl (C=O) groups excluding carboxylic acids is 1. The first-order valence-electron chi connectivity index (χ1n) is 6.40. The summed E-state index contributed by atoms with van der Waals surface area (Å²) in [6.45, 7) is 0. The van der Waals surface area contributed by atoms with E-state index >= 15 is 0 Å². The lowest BCUT2D eigenvalue weighted by Crippen LogP contribution is -2.07. The van der Waals surface area contributed by atoms with Gasteiger partial charge in [-0.1, -0.05) is 30.3 Å². The lowest BCUT2D eigenvalue weighted by molar-refractivity contribution is 0.103. The summed E-state index contributed by atoms with van der Waals surface area (Å²) in [6, 6.07) is 15.7. The first-order chi connectivity index (χ1) is 10.2. The Kier molecular flexibility index (Phi) is 3.16. The second-order valence-corrected chi connectivity index (χ2v) is 4.54. The average molecular weight is 279 g/mol. The van der Waals surface area contributed by atoms with Crippen LogP contribution in [0.1, 0.15) is 15.9 Å². The molecule has 5 heteroatoms. The number of rotatable bonds is 3. The molecule has 3 N–H and O–H groups in total. The summed E-state index contributed by atoms with van der Waals surface area (Å²) in [7, 11) is 0. The van der Waals surface area contributed by atoms with E-state index in [1.54, 1.807) is 18.2 Å². The lowest BCUT2D eigenvalue weighted by atomic mass is 10.0. The van der Waals surface area contributed by atoms with Gasteiger partial charge in [-0.2, -0.15) is 5.10 Å². The third-order valence-corrected chi connectivity index (χ3v) is 3.20. The van der Waals surface area contributed by atoms with E-state index in [1.165, 1.54) is 16.9 Å². The van der Waals surface area contributed by atoms with Crippen LogP contribution >= 0.6 is 0 Å². The van der Waals surface area contributed by atoms with E-state index < -0.39 is 0 Å². The normalized spacial score (nSPS) is 10.5. The predicted molar refractivity (Wildman–Crippen MR) is 79.5 cm³/mol. The molecule has 5 nitrogen and oxygen atoms in total. The minimum atomic E-state index is -0.354. The highest BCUT2D eigenvalue weighted by atomic mass is 16.3. The highest BCUT2D eigenvalue weighted by Gasteiger charge is 2.19. The number of benzene rings is 2. The molecule has 0 aliphatic heterocycles. The third kappa shape index (κ3) is 2.25. The standard InChI is InChI=1S/C16H13N3O2/c17-16-13(15(21)12-8-4-5-9-14(12)20)10-18-19(16)11-6-2-1-3-7-11/h1-10,20H,17H2. The van der Waals surface area contributed by atoms with Crippen molar-refractivity contribution in [3.63, 3.8) is 0 Å². The molecule has 0 bridgehead atoms. The summed E-state index contributed by atoms with van der Waals surface area (Å²) in [5.74, 6) is -0.184. The molecular formula is C16H13N3O2. The van der Waals surface area contributed by atoms with Crippen LogP contribution in [-0.4, -0.2) is 20.7 Å². The number of nitrogens with zero attached hydrogens (tertiary/aromatic N) is 2. The van der Waals surface area contributed by atoms with Crippen molar-refractivity contribution in [2.45, 2.75) is 0 Å². The van der Waals surface area contributed by atoms with Gasteiger partial charge in [0.1, 0.15) is 11.6 Å². The SMILES string of the molecule is Nc1c(C(=O)c2ccccc2O)cnn1-c1ccccc1. The molecule has 0 atom stereocenters. The fourth-order valence-electron chi connectivity index (χ4n) is 2.12. The van der Waals surface area contributed by atoms with Gasteiger partial charge in [0.2, 0.25) is 5.78 Å². The van der Waals surface area contributed by atoms with Crippen molar-refractivity contribution in [2.24, 2.45) is 0 Å². The number of aromatic nitrogens is 2. The smallest absolute Gasteiger partial charge is 0.202 e. The quantitative estimate of drug-likeness (QED) is 0.721. The van der Waals surface area contributed by atoms with E-state index in [1.807, 2.05) is 30.3 Å². The Hall–Kier alpha value is -3.08. The van der Waals surface area contributed by atoms with Gasteiger partial charge in [-0.15, -0.1) is 0 Å². The maximum absolute atomic E-state index is 12.4. The van der Waals surface area contributed by atoms with Crippen molar-refractivity contribution < 1.29 is 9.90 Å². The molecule has 2 aromatic carbocycles. The van der Waals surface area contributed by atoms with Gasteiger partial charge in [-0.25, -0.2) is 4.68 Å². The van der Waals surface area contributed by atoms with Gasteiger partial charge in [0.05, 0.1) is 23.0 Å². The van der Waals surface area contributed by atoms with E-state index in [0.717, 1.165) is 5.69 Å². The molecule has 0 spiro atoms. The van der Waals surface area contributed by atoms with Crippen LogP contribution in [0, 0.1) is 0 Å². The van der Waals surface area contributed by atoms with Crippen molar-refractivity contribution in [3.05, 3.63) is 71.9 Å². The molecule has 0 fully saturated rings. The van der Waals surface area contributed by atoms with Crippen LogP contribution in [0.4, 0.5) is 5.82 Å². The van der Waals surface area contributed by atoms with Crippen molar-refractivity contribution in [1.82, 2.24) is 9.78 Å². The molecular weight excluding hydrogens is 266 g/mol. The third-order valence-electron chi connectivity index (χ3n) is 3.20. The van der Waals surface area contributed by atoms with E-state index in [-0.39, 0.29) is 28.5 Å². The van der Waals surface area contributed by atoms with Crippen LogP contribution in [0.25, 0.3) is 5.69 Å². The molecule has 0 aliphatic rings. The number of hydrogen-bond donors (Lipinski definition) is 2. The number of aromatic hydroxyl groups is 1. The molecule has 0 saturated carbocycles. The fraction of sp³-hybridized carbons (Fsp3) is 0. The van der Waals surface area contributed by atoms with Crippen LogP contribution in [0.15, 0.2) is 60.8 Å². The summed E-state index contributed by atoms with van der Waals surface area (Å²) in [6.07, 6.45) is 1.41. The van der Waals surface area contributed by atoms with Gasteiger partial charge >= 0.3 is 0 Å². The number of carbonyl (C=O) groups is 1. The maximum atomic E-state index is 12.4. The van der Waals surface area contributed by atoms with E-state index in [2.05, 4.69) is 5.10 Å². The van der Waals surface area contributed by atoms with Crippen LogP contribution in [0.2, 0.25) is 0 Å². The largest absolute Gasteiger partial charge is 0.507 e. The summed E-state index contributed by atoms with van der Waals surface area (Å²) >= 11 is 0. The molecule has 3 aromatic rings. The number of anilines is 1. The molecule has 1 aromatic heterocycles. The Balaban J connectivity index is 2.04. The summed E-state index contributed by atoms with van der Waals surface area (Å²) in [4.78, 5) is 12.4. The number of phenols is 1. The minimum Gasteiger partial charge on any atom is -0.507 e. The van der Waals surface area contributed by atoms with Crippen LogP contribution in [-0.2, 0) is 0 Å². The molecule has 104 valence electrons. The number of phenolic OH excluding ortho intramolecular Hbond substituents is 1. The van der Waals surface area contributed by atoms with Crippen LogP contribution in [0.5, 0.6) is 5.75 Å². The number of hydrogen-bond acceptors (Lipinski definition) is 4. The fourth-order valence-corrected chi connectivity index (χ4v) is 2.12. The first kappa shape index (κ1) is 12.9. The zero-order valence-corrected chi connectivity index (χ0v) is 11.1. The molecule has 0 aliphatic carbocycles. The average Bonchev–Trinajstić information content (AvgIpc) is 2.90. The Morgan fingerprint density at radius 1 is 1.00 bits per heavy atom. The second-order valence-electron chi connectivity index (χ2n) is 4.54. The molecule has 0 amide bonds. The van der Waals surface area contributed by atoms with Gasteiger partial charge < -0.3 is 10.8 Å². The Bertz CT molecular complexity index is 794. The molecule has 21 heavy (non-hydrogen) atoms. The zero-order chi connectivity index (χ0) is 14.8. The number of nitrogen functional groups attached to an aromatic ring is 1. The molecule has 0 radical (unpaired) electrons. The highest BCUT2D eigenvalue weighted by molar-refractivity contribution is 6.13. The van der Waals surface area contributed by atoms with Crippen molar-refractivity contribution in [1.29, 1.82) is 0 Å². The predicted octanol–water partition coefficient (Wildman–Crippen LogP) is 2.39. The first-order valence-corrected chi connectivity index (χ1v) is 6.40. The van der Waals surface area contributed by atoms with Crippen LogP contribution in [0.3, 0.4) is 0 Å². The van der Waals surface area contributed by atoms with E-state index in [4.69, 9.17) is 5.73 Å². The summed E-state index contributed by atoms with van der Waals surface area (Å²) < 4.78 is 1.49. The Labute approximate surface area is 121 Å². The summed E-state index contributed by atoms with van der Waals surface area (Å²) in [5, 5.41) is 13.9. The number of nitrogens with two attached hydrogens (primary N) is 1. The Morgan fingerprint density at radius 2 is 1.67 bits per heavy atom. The van der Waals surface area contributed by atoms with E-state index in [0.29, 0.717) is 0 Å². The zero-order valence-electron chi connectivity index (χ0n) is 11.1. The second kappa shape index (κ2) is 5.13. The Morgan fingerprint density at radius 3 is 2.38 bits per heavy atom. The molecule has 0 unspecified atom stereocenters. The van der Waals surface area contributed by atoms with Crippen LogP contribution < -0.4 is 5.73 Å². The molecule has 0 saturated heterocycles. The van der Waals surface area contributed by atoms with Crippen molar-refractivity contribution >= 4 is 11.6 Å². The molecule has 1 heterocycles. The minimum absolute atomic E-state index is 0.0747. The highest BCUT2D eigenvalue weighted by Crippen LogP contribution is 2.24. The van der Waals surface area contributed by atoms with E-state index in [9.17, 15) is 9.90 Å². The van der Waals surface area contributed by atoms with Gasteiger partial charge in [-0.3, -0.25) is 4.79 Å². The monoisotopic (exact) mass is 279 g/mol.